The average molecular weight is 298 g/mol. The Hall–Kier alpha value is -2.30. The number of hydrogen-bond donors (Lipinski definition) is 1. The van der Waals surface area contributed by atoms with Gasteiger partial charge in [0, 0.05) is 35.1 Å². The first kappa shape index (κ1) is 13.4. The number of H-pyrrole nitrogens is 1. The van der Waals surface area contributed by atoms with Crippen LogP contribution in [-0.2, 0) is 9.53 Å². The van der Waals surface area contributed by atoms with Crippen LogP contribution in [-0.4, -0.2) is 36.4 Å². The minimum Gasteiger partial charge on any atom is -0.460 e. The topological polar surface area (TPSA) is 62.4 Å². The summed E-state index contributed by atoms with van der Waals surface area (Å²) in [6.45, 7) is 4.10. The highest BCUT2D eigenvalue weighted by molar-refractivity contribution is 6.41. The molecule has 0 radical (unpaired) electrons. The number of anilines is 1. The Labute approximate surface area is 128 Å². The highest BCUT2D eigenvalue weighted by Crippen LogP contribution is 2.45. The normalized spacial score (nSPS) is 16.9. The molecule has 0 atom stereocenters. The molecule has 0 saturated carbocycles. The van der Waals surface area contributed by atoms with Gasteiger partial charge in [0.15, 0.2) is 0 Å². The summed E-state index contributed by atoms with van der Waals surface area (Å²) in [5, 5.41) is 1.07. The van der Waals surface area contributed by atoms with Gasteiger partial charge < -0.3 is 14.6 Å². The first-order valence-electron chi connectivity index (χ1n) is 7.81. The number of aromatic nitrogens is 1. The molecule has 0 spiro atoms. The third kappa shape index (κ3) is 1.85. The van der Waals surface area contributed by atoms with Crippen LogP contribution < -0.4 is 4.90 Å². The molecule has 0 aliphatic carbocycles. The molecule has 22 heavy (non-hydrogen) atoms. The lowest BCUT2D eigenvalue weighted by atomic mass is 9.84. The van der Waals surface area contributed by atoms with Crippen molar-refractivity contribution in [2.75, 3.05) is 24.6 Å². The summed E-state index contributed by atoms with van der Waals surface area (Å²) < 4.78 is 4.81. The Morgan fingerprint density at radius 1 is 1.32 bits per heavy atom. The van der Waals surface area contributed by atoms with Gasteiger partial charge in [-0.15, -0.1) is 0 Å². The van der Waals surface area contributed by atoms with Crippen LogP contribution in [0.5, 0.6) is 0 Å². The van der Waals surface area contributed by atoms with Crippen LogP contribution in [0, 0.1) is 0 Å². The largest absolute Gasteiger partial charge is 0.460 e. The number of carbonyl (C=O) groups is 2. The van der Waals surface area contributed by atoms with Gasteiger partial charge in [-0.1, -0.05) is 0 Å². The zero-order valence-corrected chi connectivity index (χ0v) is 12.5. The summed E-state index contributed by atoms with van der Waals surface area (Å²) in [6, 6.07) is 5.42. The van der Waals surface area contributed by atoms with Crippen LogP contribution in [0.15, 0.2) is 18.2 Å². The van der Waals surface area contributed by atoms with Gasteiger partial charge in [-0.25, -0.2) is 4.79 Å². The molecule has 3 aliphatic rings. The molecule has 2 aromatic rings. The lowest BCUT2D eigenvalue weighted by molar-refractivity contribution is -0.137. The summed E-state index contributed by atoms with van der Waals surface area (Å²) in [5.41, 5.74) is 2.75. The molecule has 1 N–H and O–H groups in total. The summed E-state index contributed by atoms with van der Waals surface area (Å²) in [5.74, 6) is 0.399. The van der Waals surface area contributed by atoms with E-state index in [0.717, 1.165) is 36.8 Å². The number of fused-ring (bicyclic) bond motifs is 3. The number of nitrogens with zero attached hydrogens (tertiary/aromatic N) is 1. The maximum Gasteiger partial charge on any atom is 0.379 e. The molecule has 1 aromatic carbocycles. The predicted octanol–water partition coefficient (Wildman–Crippen LogP) is 2.61. The number of ether oxygens (including phenoxy) is 1. The first-order chi connectivity index (χ1) is 10.7. The van der Waals surface area contributed by atoms with Gasteiger partial charge >= 0.3 is 5.97 Å². The van der Waals surface area contributed by atoms with Gasteiger partial charge in [0.25, 0.3) is 5.78 Å². The zero-order valence-electron chi connectivity index (χ0n) is 12.5. The zero-order chi connectivity index (χ0) is 15.3. The maximum atomic E-state index is 12.1. The number of carbonyl (C=O) groups excluding carboxylic acids is 2. The molecule has 0 amide bonds. The number of rotatable bonds is 3. The van der Waals surface area contributed by atoms with E-state index in [0.29, 0.717) is 11.5 Å². The van der Waals surface area contributed by atoms with E-state index in [9.17, 15) is 9.59 Å². The first-order valence-corrected chi connectivity index (χ1v) is 7.81. The number of benzene rings is 1. The average Bonchev–Trinajstić information content (AvgIpc) is 2.96. The molecule has 5 rings (SSSR count). The van der Waals surface area contributed by atoms with Gasteiger partial charge in [0.1, 0.15) is 5.82 Å². The van der Waals surface area contributed by atoms with Gasteiger partial charge in [-0.2, -0.15) is 0 Å². The number of aromatic amines is 1. The lowest BCUT2D eigenvalue weighted by Gasteiger charge is -2.40. The third-order valence-electron chi connectivity index (χ3n) is 4.76. The summed E-state index contributed by atoms with van der Waals surface area (Å²) in [4.78, 5) is 29.6. The molecule has 114 valence electrons. The molecule has 0 unspecified atom stereocenters. The predicted molar refractivity (Wildman–Crippen MR) is 83.5 cm³/mol. The smallest absolute Gasteiger partial charge is 0.379 e. The number of Topliss-reactive ketones (excluding diaryl/α,β-unsaturated/α-hetero) is 1. The Bertz CT molecular complexity index is 770. The highest BCUT2D eigenvalue weighted by Gasteiger charge is 2.34. The van der Waals surface area contributed by atoms with E-state index < -0.39 is 11.8 Å². The molecule has 1 fully saturated rings. The number of nitrogens with one attached hydrogen (secondary N) is 1. The van der Waals surface area contributed by atoms with Gasteiger partial charge in [0.2, 0.25) is 0 Å². The fourth-order valence-electron chi connectivity index (χ4n) is 3.71. The van der Waals surface area contributed by atoms with E-state index in [2.05, 4.69) is 9.88 Å². The number of piperidine rings is 1. The molecule has 4 heterocycles. The second-order valence-corrected chi connectivity index (χ2v) is 5.96. The Kier molecular flexibility index (Phi) is 2.96. The van der Waals surface area contributed by atoms with Crippen LogP contribution in [0.3, 0.4) is 0 Å². The number of esters is 1. The fourth-order valence-corrected chi connectivity index (χ4v) is 3.71. The van der Waals surface area contributed by atoms with Crippen molar-refractivity contribution < 1.29 is 14.3 Å². The minimum absolute atomic E-state index is 0.212. The van der Waals surface area contributed by atoms with Gasteiger partial charge in [0.05, 0.1) is 6.61 Å². The van der Waals surface area contributed by atoms with Crippen LogP contribution in [0.1, 0.15) is 41.6 Å². The van der Waals surface area contributed by atoms with Crippen molar-refractivity contribution in [3.8, 4) is 0 Å². The molecule has 1 aromatic heterocycles. The molecule has 5 heteroatoms. The standard InChI is InChI=1S/C17H18N2O3/c1-2-22-17(21)15(20)11-3-4-13-12(9-11)14-10-5-7-19(8-6-10)16(14)18-13/h3-4,9-10,18H,2,5-8H2,1H3. The molecular weight excluding hydrogens is 280 g/mol. The van der Waals surface area contributed by atoms with E-state index >= 15 is 0 Å². The van der Waals surface area contributed by atoms with E-state index in [-0.39, 0.29) is 6.61 Å². The van der Waals surface area contributed by atoms with Crippen LogP contribution in [0.4, 0.5) is 5.82 Å². The van der Waals surface area contributed by atoms with Crippen molar-refractivity contribution in [2.24, 2.45) is 0 Å². The SMILES string of the molecule is CCOC(=O)C(=O)c1ccc2[nH]c3c(c2c1)C1CCN3CC1. The minimum atomic E-state index is -0.781. The Morgan fingerprint density at radius 3 is 2.82 bits per heavy atom. The van der Waals surface area contributed by atoms with Gasteiger partial charge in [-0.05, 0) is 43.9 Å². The van der Waals surface area contributed by atoms with Crippen molar-refractivity contribution in [3.05, 3.63) is 29.3 Å². The monoisotopic (exact) mass is 298 g/mol. The molecular formula is C17H18N2O3. The number of hydrogen-bond acceptors (Lipinski definition) is 4. The summed E-state index contributed by atoms with van der Waals surface area (Å²) >= 11 is 0. The third-order valence-corrected chi connectivity index (χ3v) is 4.76. The highest BCUT2D eigenvalue weighted by atomic mass is 16.5. The van der Waals surface area contributed by atoms with Crippen molar-refractivity contribution >= 4 is 28.5 Å². The summed E-state index contributed by atoms with van der Waals surface area (Å²) in [7, 11) is 0. The molecule has 3 aliphatic heterocycles. The van der Waals surface area contributed by atoms with E-state index in [1.807, 2.05) is 12.1 Å². The quantitative estimate of drug-likeness (QED) is 0.537. The van der Waals surface area contributed by atoms with Crippen LogP contribution >= 0.6 is 0 Å². The van der Waals surface area contributed by atoms with Crippen molar-refractivity contribution in [1.29, 1.82) is 0 Å². The molecule has 5 nitrogen and oxygen atoms in total. The van der Waals surface area contributed by atoms with E-state index in [1.54, 1.807) is 13.0 Å². The van der Waals surface area contributed by atoms with Crippen LogP contribution in [0.2, 0.25) is 0 Å². The second-order valence-electron chi connectivity index (χ2n) is 5.96. The summed E-state index contributed by atoms with van der Waals surface area (Å²) in [6.07, 6.45) is 2.33. The Morgan fingerprint density at radius 2 is 2.09 bits per heavy atom. The number of ketones is 1. The van der Waals surface area contributed by atoms with Crippen molar-refractivity contribution in [1.82, 2.24) is 4.98 Å². The lowest BCUT2D eigenvalue weighted by Crippen LogP contribution is -2.38. The molecule has 1 saturated heterocycles. The van der Waals surface area contributed by atoms with Crippen molar-refractivity contribution in [3.63, 3.8) is 0 Å². The van der Waals surface area contributed by atoms with E-state index in [1.165, 1.54) is 11.4 Å². The second kappa shape index (κ2) is 4.87. The molecule has 2 bridgehead atoms. The fraction of sp³-hybridized carbons (Fsp3) is 0.412. The van der Waals surface area contributed by atoms with Crippen LogP contribution in [0.25, 0.3) is 10.9 Å². The maximum absolute atomic E-state index is 12.1. The van der Waals surface area contributed by atoms with Crippen molar-refractivity contribution in [2.45, 2.75) is 25.7 Å². The van der Waals surface area contributed by atoms with E-state index in [4.69, 9.17) is 4.74 Å². The Balaban J connectivity index is 1.80. The van der Waals surface area contributed by atoms with Gasteiger partial charge in [-0.3, -0.25) is 4.79 Å².